The third kappa shape index (κ3) is 14.4. The second-order valence-corrected chi connectivity index (χ2v) is 3.94. The van der Waals surface area contributed by atoms with Crippen LogP contribution < -0.4 is 5.73 Å². The van der Waals surface area contributed by atoms with E-state index in [2.05, 4.69) is 44.9 Å². The predicted molar refractivity (Wildman–Crippen MR) is 62.5 cm³/mol. The molecule has 88 valence electrons. The van der Waals surface area contributed by atoms with Gasteiger partial charge in [0.15, 0.2) is 0 Å². The Morgan fingerprint density at radius 1 is 1.21 bits per heavy atom. The summed E-state index contributed by atoms with van der Waals surface area (Å²) in [6.07, 6.45) is 0.722. The minimum absolute atomic E-state index is 0.219. The van der Waals surface area contributed by atoms with Gasteiger partial charge in [-0.3, -0.25) is 0 Å². The van der Waals surface area contributed by atoms with E-state index in [0.29, 0.717) is 12.6 Å². The number of aliphatic hydroxyl groups excluding tert-OH is 1. The van der Waals surface area contributed by atoms with Gasteiger partial charge in [-0.15, -0.1) is 0 Å². The van der Waals surface area contributed by atoms with Crippen molar-refractivity contribution in [1.29, 1.82) is 0 Å². The zero-order valence-electron chi connectivity index (χ0n) is 10.3. The van der Waals surface area contributed by atoms with Crippen LogP contribution in [0.25, 0.3) is 0 Å². The van der Waals surface area contributed by atoms with Crippen molar-refractivity contribution in [1.82, 2.24) is 9.80 Å². The minimum Gasteiger partial charge on any atom is -0.396 e. The second kappa shape index (κ2) is 10.9. The van der Waals surface area contributed by atoms with Crippen molar-refractivity contribution in [2.45, 2.75) is 19.4 Å². The minimum atomic E-state index is 0.219. The number of rotatable bonds is 5. The molecule has 1 atom stereocenters. The van der Waals surface area contributed by atoms with Crippen LogP contribution in [0.1, 0.15) is 13.3 Å². The molecule has 0 radical (unpaired) electrons. The normalized spacial score (nSPS) is 12.6. The number of hydrogen-bond acceptors (Lipinski definition) is 4. The maximum absolute atomic E-state index is 7.99. The quantitative estimate of drug-likeness (QED) is 0.654. The molecule has 0 aromatic rings. The average Bonchev–Trinajstić information content (AvgIpc) is 2.05. The SMILES string of the molecule is CC(CN(C)C)N(C)C.NCCCO. The molecule has 1 unspecified atom stereocenters. The van der Waals surface area contributed by atoms with E-state index < -0.39 is 0 Å². The van der Waals surface area contributed by atoms with Gasteiger partial charge in [0.25, 0.3) is 0 Å². The first kappa shape index (κ1) is 16.3. The first-order valence-corrected chi connectivity index (χ1v) is 5.07. The van der Waals surface area contributed by atoms with Crippen molar-refractivity contribution in [2.75, 3.05) is 47.9 Å². The van der Waals surface area contributed by atoms with Gasteiger partial charge < -0.3 is 20.6 Å². The standard InChI is InChI=1S/C7H18N2.C3H9NO/c1-7(9(4)5)6-8(2)3;4-2-1-3-5/h7H,6H2,1-5H3;5H,1-4H2. The van der Waals surface area contributed by atoms with Gasteiger partial charge >= 0.3 is 0 Å². The molecule has 0 spiro atoms. The van der Waals surface area contributed by atoms with Crippen molar-refractivity contribution >= 4 is 0 Å². The first-order chi connectivity index (χ1) is 6.45. The lowest BCUT2D eigenvalue weighted by atomic mass is 10.3. The van der Waals surface area contributed by atoms with E-state index in [1.807, 2.05) is 0 Å². The fourth-order valence-electron chi connectivity index (χ4n) is 0.783. The summed E-state index contributed by atoms with van der Waals surface area (Å²) < 4.78 is 0. The Bertz CT molecular complexity index is 106. The maximum atomic E-state index is 7.99. The summed E-state index contributed by atoms with van der Waals surface area (Å²) in [5, 5.41) is 7.99. The Hall–Kier alpha value is -0.160. The van der Waals surface area contributed by atoms with Gasteiger partial charge in [-0.2, -0.15) is 0 Å². The van der Waals surface area contributed by atoms with Crippen LogP contribution >= 0.6 is 0 Å². The highest BCUT2D eigenvalue weighted by Gasteiger charge is 2.03. The van der Waals surface area contributed by atoms with Crippen molar-refractivity contribution in [3.63, 3.8) is 0 Å². The molecule has 4 heteroatoms. The van der Waals surface area contributed by atoms with E-state index >= 15 is 0 Å². The summed E-state index contributed by atoms with van der Waals surface area (Å²) in [7, 11) is 8.41. The van der Waals surface area contributed by atoms with Crippen molar-refractivity contribution < 1.29 is 5.11 Å². The van der Waals surface area contributed by atoms with Crippen LogP contribution in [0.3, 0.4) is 0 Å². The third-order valence-electron chi connectivity index (χ3n) is 1.87. The monoisotopic (exact) mass is 205 g/mol. The zero-order chi connectivity index (χ0) is 11.6. The number of nitrogens with two attached hydrogens (primary N) is 1. The van der Waals surface area contributed by atoms with Crippen LogP contribution in [0.5, 0.6) is 0 Å². The van der Waals surface area contributed by atoms with Crippen LogP contribution in [-0.4, -0.2) is 68.8 Å². The van der Waals surface area contributed by atoms with Gasteiger partial charge in [0.1, 0.15) is 0 Å². The predicted octanol–water partition coefficient (Wildman–Crippen LogP) is -0.174. The molecule has 0 aromatic carbocycles. The largest absolute Gasteiger partial charge is 0.396 e. The summed E-state index contributed by atoms with van der Waals surface area (Å²) in [6.45, 7) is 4.17. The number of nitrogens with zero attached hydrogens (tertiary/aromatic N) is 2. The van der Waals surface area contributed by atoms with Gasteiger partial charge in [-0.05, 0) is 48.1 Å². The topological polar surface area (TPSA) is 52.7 Å². The van der Waals surface area contributed by atoms with E-state index in [4.69, 9.17) is 10.8 Å². The van der Waals surface area contributed by atoms with Crippen molar-refractivity contribution in [3.8, 4) is 0 Å². The Morgan fingerprint density at radius 3 is 1.79 bits per heavy atom. The third-order valence-corrected chi connectivity index (χ3v) is 1.87. The van der Waals surface area contributed by atoms with Gasteiger partial charge in [-0.25, -0.2) is 0 Å². The molecular formula is C10H27N3O. The van der Waals surface area contributed by atoms with E-state index in [9.17, 15) is 0 Å². The molecule has 14 heavy (non-hydrogen) atoms. The molecule has 4 nitrogen and oxygen atoms in total. The molecule has 0 heterocycles. The molecule has 0 fully saturated rings. The van der Waals surface area contributed by atoms with Crippen molar-refractivity contribution in [3.05, 3.63) is 0 Å². The smallest absolute Gasteiger partial charge is 0.0443 e. The molecule has 0 aromatic heterocycles. The second-order valence-electron chi connectivity index (χ2n) is 3.94. The molecule has 0 aliphatic rings. The average molecular weight is 205 g/mol. The highest BCUT2D eigenvalue weighted by Crippen LogP contribution is 1.91. The number of hydrogen-bond donors (Lipinski definition) is 2. The van der Waals surface area contributed by atoms with Crippen LogP contribution in [0, 0.1) is 0 Å². The molecule has 0 saturated carbocycles. The molecule has 0 amide bonds. The molecule has 3 N–H and O–H groups in total. The van der Waals surface area contributed by atoms with Crippen LogP contribution in [-0.2, 0) is 0 Å². The first-order valence-electron chi connectivity index (χ1n) is 5.07. The lowest BCUT2D eigenvalue weighted by molar-refractivity contribution is 0.244. The molecule has 0 saturated heterocycles. The Labute approximate surface area is 88.7 Å². The Kier molecular flexibility index (Phi) is 12.7. The number of aliphatic hydroxyl groups is 1. The molecule has 0 aliphatic heterocycles. The van der Waals surface area contributed by atoms with Crippen molar-refractivity contribution in [2.24, 2.45) is 5.73 Å². The summed E-state index contributed by atoms with van der Waals surface area (Å²) in [5.41, 5.74) is 4.98. The fraction of sp³-hybridized carbons (Fsp3) is 1.00. The lowest BCUT2D eigenvalue weighted by Crippen LogP contribution is -2.34. The summed E-state index contributed by atoms with van der Waals surface area (Å²) in [4.78, 5) is 4.42. The van der Waals surface area contributed by atoms with Gasteiger partial charge in [0.2, 0.25) is 0 Å². The van der Waals surface area contributed by atoms with Gasteiger partial charge in [-0.1, -0.05) is 0 Å². The Morgan fingerprint density at radius 2 is 1.71 bits per heavy atom. The van der Waals surface area contributed by atoms with E-state index in [-0.39, 0.29) is 6.61 Å². The highest BCUT2D eigenvalue weighted by molar-refractivity contribution is 4.61. The van der Waals surface area contributed by atoms with Gasteiger partial charge in [0.05, 0.1) is 0 Å². The van der Waals surface area contributed by atoms with E-state index in [1.54, 1.807) is 0 Å². The summed E-state index contributed by atoms with van der Waals surface area (Å²) in [5.74, 6) is 0. The van der Waals surface area contributed by atoms with Crippen LogP contribution in [0.2, 0.25) is 0 Å². The number of likely N-dealkylation sites (N-methyl/N-ethyl adjacent to an activating group) is 2. The molecule has 0 rings (SSSR count). The fourth-order valence-corrected chi connectivity index (χ4v) is 0.783. The van der Waals surface area contributed by atoms with Crippen LogP contribution in [0.15, 0.2) is 0 Å². The highest BCUT2D eigenvalue weighted by atomic mass is 16.2. The lowest BCUT2D eigenvalue weighted by Gasteiger charge is -2.22. The van der Waals surface area contributed by atoms with E-state index in [1.165, 1.54) is 0 Å². The molecule has 0 aliphatic carbocycles. The Balaban J connectivity index is 0. The van der Waals surface area contributed by atoms with E-state index in [0.717, 1.165) is 13.0 Å². The van der Waals surface area contributed by atoms with Gasteiger partial charge in [0, 0.05) is 19.2 Å². The molecular weight excluding hydrogens is 178 g/mol. The zero-order valence-corrected chi connectivity index (χ0v) is 10.3. The molecule has 0 bridgehead atoms. The maximum Gasteiger partial charge on any atom is 0.0443 e. The van der Waals surface area contributed by atoms with Crippen LogP contribution in [0.4, 0.5) is 0 Å². The summed E-state index contributed by atoms with van der Waals surface area (Å²) >= 11 is 0. The summed E-state index contributed by atoms with van der Waals surface area (Å²) in [6, 6.07) is 0.653.